The molecule has 0 heterocycles. The van der Waals surface area contributed by atoms with Crippen LogP contribution >= 0.6 is 11.6 Å². The Hall–Kier alpha value is -2.85. The fourth-order valence-corrected chi connectivity index (χ4v) is 4.29. The van der Waals surface area contributed by atoms with Crippen LogP contribution in [0.2, 0.25) is 5.02 Å². The molecule has 0 radical (unpaired) electrons. The van der Waals surface area contributed by atoms with E-state index in [1.165, 1.54) is 36.5 Å². The molecule has 1 aromatic rings. The van der Waals surface area contributed by atoms with Crippen LogP contribution in [0, 0.1) is 5.41 Å². The number of hydrogen-bond donors (Lipinski definition) is 0. The highest BCUT2D eigenvalue weighted by Crippen LogP contribution is 2.40. The van der Waals surface area contributed by atoms with Crippen molar-refractivity contribution in [3.8, 4) is 0 Å². The molecule has 0 saturated carbocycles. The fraction of sp³-hybridized carbons (Fsp3) is 0.419. The van der Waals surface area contributed by atoms with Gasteiger partial charge in [0, 0.05) is 23.1 Å². The Morgan fingerprint density at radius 3 is 2.42 bits per heavy atom. The largest absolute Gasteiger partial charge is 0.421 e. The van der Waals surface area contributed by atoms with Gasteiger partial charge in [0.25, 0.3) is 6.29 Å². The molecule has 0 fully saturated rings. The Bertz CT molecular complexity index is 1070. The average molecular weight is 511 g/mol. The average Bonchev–Trinajstić information content (AvgIpc) is 2.78. The van der Waals surface area contributed by atoms with Gasteiger partial charge in [0.2, 0.25) is 0 Å². The first-order chi connectivity index (χ1) is 17.0. The maximum absolute atomic E-state index is 12.5. The quantitative estimate of drug-likeness (QED) is 0.136. The highest BCUT2D eigenvalue weighted by Gasteiger charge is 2.26. The summed E-state index contributed by atoms with van der Waals surface area (Å²) in [6.07, 6.45) is 14.9. The molecule has 1 aliphatic carbocycles. The van der Waals surface area contributed by atoms with E-state index in [2.05, 4.69) is 39.8 Å². The molecule has 194 valence electrons. The van der Waals surface area contributed by atoms with Gasteiger partial charge >= 0.3 is 11.9 Å². The normalized spacial score (nSPS) is 17.5. The van der Waals surface area contributed by atoms with E-state index >= 15 is 0 Å². The number of rotatable bonds is 10. The van der Waals surface area contributed by atoms with Crippen molar-refractivity contribution in [2.75, 3.05) is 0 Å². The smallest absolute Gasteiger partial charge is 0.334 e. The first kappa shape index (κ1) is 29.4. The van der Waals surface area contributed by atoms with Crippen molar-refractivity contribution in [3.63, 3.8) is 0 Å². The zero-order chi connectivity index (χ0) is 26.7. The second-order valence-corrected chi connectivity index (χ2v) is 10.4. The van der Waals surface area contributed by atoms with Crippen LogP contribution in [-0.2, 0) is 19.1 Å². The number of benzene rings is 1. The van der Waals surface area contributed by atoms with Crippen LogP contribution in [0.4, 0.5) is 0 Å². The van der Waals surface area contributed by atoms with Gasteiger partial charge in [0.1, 0.15) is 0 Å². The minimum absolute atomic E-state index is 0.212. The molecule has 0 N–H and O–H groups in total. The van der Waals surface area contributed by atoms with Crippen LogP contribution in [-0.4, -0.2) is 11.9 Å². The molecule has 0 aromatic heterocycles. The van der Waals surface area contributed by atoms with E-state index in [4.69, 9.17) is 21.1 Å². The Morgan fingerprint density at radius 2 is 1.78 bits per heavy atom. The molecule has 0 saturated heterocycles. The third-order valence-electron chi connectivity index (χ3n) is 6.18. The predicted molar refractivity (Wildman–Crippen MR) is 147 cm³/mol. The minimum atomic E-state index is -1.13. The number of carbonyl (C=O) groups excluding carboxylic acids is 2. The van der Waals surface area contributed by atoms with Crippen LogP contribution in [0.25, 0.3) is 0 Å². The predicted octanol–water partition coefficient (Wildman–Crippen LogP) is 8.76. The third kappa shape index (κ3) is 9.66. The summed E-state index contributed by atoms with van der Waals surface area (Å²) in [5, 5.41) is 0.539. The monoisotopic (exact) mass is 510 g/mol. The van der Waals surface area contributed by atoms with Gasteiger partial charge in [0.05, 0.1) is 0 Å². The minimum Gasteiger partial charge on any atom is -0.421 e. The third-order valence-corrected chi connectivity index (χ3v) is 6.43. The molecular formula is C31H39ClO4. The molecule has 36 heavy (non-hydrogen) atoms. The summed E-state index contributed by atoms with van der Waals surface area (Å²) in [4.78, 5) is 24.6. The number of ether oxygens (including phenoxy) is 2. The van der Waals surface area contributed by atoms with E-state index in [-0.39, 0.29) is 11.8 Å². The Morgan fingerprint density at radius 1 is 1.08 bits per heavy atom. The summed E-state index contributed by atoms with van der Waals surface area (Å²) in [5.41, 5.74) is 5.49. The lowest BCUT2D eigenvalue weighted by Crippen LogP contribution is -2.19. The molecule has 0 aliphatic heterocycles. The standard InChI is InChI=1S/C31H39ClO4/c1-7-10-28(33)35-30(25-15-17-26(32)18-16-25)36-29(34)21-23(3)12-8-11-22(2)14-19-27-24(4)13-9-20-31(27,5)6/h8,11-12,14-19,21,30H,7,9-10,13,20H2,1-6H3/b12-8?,19-14?,22-11?,23-21-. The summed E-state index contributed by atoms with van der Waals surface area (Å²) >= 11 is 5.95. The van der Waals surface area contributed by atoms with Crippen molar-refractivity contribution in [2.24, 2.45) is 5.41 Å². The van der Waals surface area contributed by atoms with E-state index in [0.717, 1.165) is 11.1 Å². The lowest BCUT2D eigenvalue weighted by molar-refractivity contribution is -0.186. The maximum atomic E-state index is 12.5. The lowest BCUT2D eigenvalue weighted by atomic mass is 9.72. The van der Waals surface area contributed by atoms with E-state index in [0.29, 0.717) is 17.0 Å². The number of carbonyl (C=O) groups is 2. The molecule has 4 nitrogen and oxygen atoms in total. The van der Waals surface area contributed by atoms with Gasteiger partial charge < -0.3 is 9.47 Å². The zero-order valence-corrected chi connectivity index (χ0v) is 23.2. The number of hydrogen-bond acceptors (Lipinski definition) is 4. The molecule has 1 aliphatic rings. The molecular weight excluding hydrogens is 472 g/mol. The van der Waals surface area contributed by atoms with Crippen molar-refractivity contribution >= 4 is 23.5 Å². The number of allylic oxidation sites excluding steroid dienone is 9. The van der Waals surface area contributed by atoms with E-state index in [9.17, 15) is 9.59 Å². The van der Waals surface area contributed by atoms with Crippen LogP contribution in [0.5, 0.6) is 0 Å². The van der Waals surface area contributed by atoms with Gasteiger partial charge in [0.15, 0.2) is 0 Å². The first-order valence-corrected chi connectivity index (χ1v) is 13.0. The summed E-state index contributed by atoms with van der Waals surface area (Å²) in [6.45, 7) is 12.6. The van der Waals surface area contributed by atoms with Crippen molar-refractivity contribution < 1.29 is 19.1 Å². The maximum Gasteiger partial charge on any atom is 0.334 e. The van der Waals surface area contributed by atoms with Crippen molar-refractivity contribution in [3.05, 3.63) is 93.6 Å². The van der Waals surface area contributed by atoms with Crippen LogP contribution in [0.15, 0.2) is 83.0 Å². The van der Waals surface area contributed by atoms with Crippen molar-refractivity contribution in [2.45, 2.75) is 79.9 Å². The topological polar surface area (TPSA) is 52.6 Å². The number of halogens is 1. The van der Waals surface area contributed by atoms with Crippen molar-refractivity contribution in [1.82, 2.24) is 0 Å². The van der Waals surface area contributed by atoms with Crippen LogP contribution in [0.3, 0.4) is 0 Å². The highest BCUT2D eigenvalue weighted by molar-refractivity contribution is 6.30. The number of esters is 2. The molecule has 1 aromatic carbocycles. The fourth-order valence-electron chi connectivity index (χ4n) is 4.17. The molecule has 0 spiro atoms. The summed E-state index contributed by atoms with van der Waals surface area (Å²) < 4.78 is 10.8. The van der Waals surface area contributed by atoms with Gasteiger partial charge in [-0.15, -0.1) is 0 Å². The molecule has 1 unspecified atom stereocenters. The van der Waals surface area contributed by atoms with Gasteiger partial charge in [-0.05, 0) is 75.1 Å². The summed E-state index contributed by atoms with van der Waals surface area (Å²) in [5.74, 6) is -1.02. The van der Waals surface area contributed by atoms with Gasteiger partial charge in [-0.1, -0.05) is 86.0 Å². The molecule has 0 amide bonds. The van der Waals surface area contributed by atoms with Crippen molar-refractivity contribution in [1.29, 1.82) is 0 Å². The Balaban J connectivity index is 2.04. The molecule has 0 bridgehead atoms. The van der Waals surface area contributed by atoms with E-state index < -0.39 is 18.2 Å². The Labute approximate surface area is 221 Å². The molecule has 2 rings (SSSR count). The zero-order valence-electron chi connectivity index (χ0n) is 22.4. The second-order valence-electron chi connectivity index (χ2n) is 9.98. The Kier molecular flexibility index (Phi) is 11.5. The summed E-state index contributed by atoms with van der Waals surface area (Å²) in [6, 6.07) is 6.66. The van der Waals surface area contributed by atoms with Crippen LogP contribution < -0.4 is 0 Å². The first-order valence-electron chi connectivity index (χ1n) is 12.6. The van der Waals surface area contributed by atoms with Gasteiger partial charge in [-0.2, -0.15) is 0 Å². The highest BCUT2D eigenvalue weighted by atomic mass is 35.5. The molecule has 5 heteroatoms. The van der Waals surface area contributed by atoms with E-state index in [1.807, 2.05) is 32.1 Å². The van der Waals surface area contributed by atoms with Gasteiger partial charge in [-0.3, -0.25) is 4.79 Å². The van der Waals surface area contributed by atoms with Gasteiger partial charge in [-0.25, -0.2) is 4.79 Å². The lowest BCUT2D eigenvalue weighted by Gasteiger charge is -2.32. The van der Waals surface area contributed by atoms with E-state index in [1.54, 1.807) is 24.3 Å². The molecule has 1 atom stereocenters. The van der Waals surface area contributed by atoms with Crippen LogP contribution in [0.1, 0.15) is 85.5 Å². The second kappa shape index (κ2) is 14.0. The summed E-state index contributed by atoms with van der Waals surface area (Å²) in [7, 11) is 0. The SMILES string of the molecule is CCCC(=O)OC(OC(=O)/C=C(/C)C=CC=C(C)C=CC1=C(C)CCCC1(C)C)c1ccc(Cl)cc1.